The lowest BCUT2D eigenvalue weighted by atomic mass is 10.2. The fourth-order valence-electron chi connectivity index (χ4n) is 3.09. The van der Waals surface area contributed by atoms with Crippen molar-refractivity contribution < 1.29 is 26.4 Å². The highest BCUT2D eigenvalue weighted by molar-refractivity contribution is 7.92. The minimum atomic E-state index is -4.77. The van der Waals surface area contributed by atoms with Gasteiger partial charge in [-0.2, -0.15) is 13.2 Å². The zero-order chi connectivity index (χ0) is 24.1. The van der Waals surface area contributed by atoms with Crippen molar-refractivity contribution in [2.45, 2.75) is 26.6 Å². The van der Waals surface area contributed by atoms with Gasteiger partial charge in [0.15, 0.2) is 0 Å². The first-order chi connectivity index (χ1) is 14.9. The van der Waals surface area contributed by atoms with Gasteiger partial charge in [-0.1, -0.05) is 23.7 Å². The van der Waals surface area contributed by atoms with Crippen LogP contribution in [0.4, 0.5) is 24.5 Å². The average Bonchev–Trinajstić information content (AvgIpc) is 2.71. The second kappa shape index (κ2) is 10.4. The minimum Gasteiger partial charge on any atom is -0.372 e. The topological polar surface area (TPSA) is 69.7 Å². The molecule has 2 rings (SSSR count). The molecule has 0 heterocycles. The third-order valence-corrected chi connectivity index (χ3v) is 6.26. The number of amides is 1. The zero-order valence-corrected chi connectivity index (χ0v) is 19.5. The molecule has 6 nitrogen and oxygen atoms in total. The Bertz CT molecular complexity index is 1040. The van der Waals surface area contributed by atoms with Crippen LogP contribution in [0.2, 0.25) is 5.02 Å². The van der Waals surface area contributed by atoms with Gasteiger partial charge in [0.25, 0.3) is 0 Å². The molecule has 0 aromatic heterocycles. The zero-order valence-electron chi connectivity index (χ0n) is 17.9. The molecule has 0 aliphatic carbocycles. The van der Waals surface area contributed by atoms with Crippen LogP contribution in [0, 0.1) is 0 Å². The summed E-state index contributed by atoms with van der Waals surface area (Å²) in [6.07, 6.45) is -3.95. The van der Waals surface area contributed by atoms with Crippen LogP contribution in [0.25, 0.3) is 0 Å². The Morgan fingerprint density at radius 2 is 1.59 bits per heavy atom. The number of nitrogens with one attached hydrogen (secondary N) is 1. The molecule has 0 spiro atoms. The normalized spacial score (nSPS) is 11.8. The van der Waals surface area contributed by atoms with E-state index in [-0.39, 0.29) is 12.2 Å². The van der Waals surface area contributed by atoms with Crippen LogP contribution in [0.5, 0.6) is 0 Å². The monoisotopic (exact) mass is 491 g/mol. The summed E-state index contributed by atoms with van der Waals surface area (Å²) in [5.74, 6) is -0.660. The molecule has 0 unspecified atom stereocenters. The maximum absolute atomic E-state index is 13.1. The number of anilines is 2. The van der Waals surface area contributed by atoms with Crippen LogP contribution in [-0.4, -0.2) is 40.2 Å². The number of benzene rings is 2. The van der Waals surface area contributed by atoms with E-state index in [0.29, 0.717) is 10.4 Å². The lowest BCUT2D eigenvalue weighted by Gasteiger charge is -2.23. The molecule has 176 valence electrons. The van der Waals surface area contributed by atoms with Gasteiger partial charge in [0.05, 0.1) is 22.5 Å². The molecular formula is C21H25ClF3N3O3S. The SMILES string of the molecule is CCN(CC)c1ccc(CNC(=O)CN(c2ccc(Cl)c(C(F)(F)F)c2)S(C)(=O)=O)cc1. The van der Waals surface area contributed by atoms with Crippen molar-refractivity contribution in [1.82, 2.24) is 5.32 Å². The molecule has 0 aliphatic heterocycles. The molecule has 1 amide bonds. The second-order valence-corrected chi connectivity index (χ2v) is 9.36. The van der Waals surface area contributed by atoms with Crippen molar-refractivity contribution >= 4 is 38.9 Å². The lowest BCUT2D eigenvalue weighted by Crippen LogP contribution is -2.40. The fraction of sp³-hybridized carbons (Fsp3) is 0.381. The Morgan fingerprint density at radius 3 is 2.09 bits per heavy atom. The summed E-state index contributed by atoms with van der Waals surface area (Å²) in [5, 5.41) is 2.03. The van der Waals surface area contributed by atoms with Gasteiger partial charge in [0.1, 0.15) is 6.54 Å². The van der Waals surface area contributed by atoms with E-state index in [0.717, 1.165) is 42.7 Å². The summed E-state index contributed by atoms with van der Waals surface area (Å²) >= 11 is 5.60. The predicted octanol–water partition coefficient (Wildman–Crippen LogP) is 4.29. The molecule has 0 fully saturated rings. The number of nitrogens with zero attached hydrogens (tertiary/aromatic N) is 2. The standard InChI is InChI=1S/C21H25ClF3N3O3S/c1-4-27(5-2)16-8-6-15(7-9-16)13-26-20(29)14-28(32(3,30)31)17-10-11-19(22)18(12-17)21(23,24)25/h6-12H,4-5,13-14H2,1-3H3,(H,26,29). The van der Waals surface area contributed by atoms with Crippen LogP contribution >= 0.6 is 11.6 Å². The number of rotatable bonds is 9. The van der Waals surface area contributed by atoms with Crippen molar-refractivity contribution in [3.05, 3.63) is 58.6 Å². The van der Waals surface area contributed by atoms with E-state index in [1.165, 1.54) is 0 Å². The first kappa shape index (κ1) is 25.8. The molecule has 0 saturated heterocycles. The van der Waals surface area contributed by atoms with Crippen LogP contribution < -0.4 is 14.5 Å². The molecule has 0 aliphatic rings. The molecule has 32 heavy (non-hydrogen) atoms. The Balaban J connectivity index is 2.13. The van der Waals surface area contributed by atoms with Crippen molar-refractivity contribution in [2.75, 3.05) is 35.1 Å². The number of hydrogen-bond acceptors (Lipinski definition) is 4. The summed E-state index contributed by atoms with van der Waals surface area (Å²) in [5.41, 5.74) is 0.351. The van der Waals surface area contributed by atoms with Crippen LogP contribution in [0.3, 0.4) is 0 Å². The quantitative estimate of drug-likeness (QED) is 0.568. The molecule has 0 saturated carbocycles. The maximum atomic E-state index is 13.1. The summed E-state index contributed by atoms with van der Waals surface area (Å²) < 4.78 is 64.4. The highest BCUT2D eigenvalue weighted by Crippen LogP contribution is 2.37. The molecule has 0 bridgehead atoms. The van der Waals surface area contributed by atoms with Gasteiger partial charge in [-0.05, 0) is 49.7 Å². The van der Waals surface area contributed by atoms with Crippen molar-refractivity contribution in [3.63, 3.8) is 0 Å². The predicted molar refractivity (Wildman–Crippen MR) is 120 cm³/mol. The smallest absolute Gasteiger partial charge is 0.372 e. The molecule has 11 heteroatoms. The van der Waals surface area contributed by atoms with Gasteiger partial charge in [0.2, 0.25) is 15.9 Å². The molecule has 0 radical (unpaired) electrons. The van der Waals surface area contributed by atoms with Gasteiger partial charge >= 0.3 is 6.18 Å². The third-order valence-electron chi connectivity index (χ3n) is 4.79. The van der Waals surface area contributed by atoms with Gasteiger partial charge in [-0.3, -0.25) is 9.10 Å². The number of alkyl halides is 3. The molecule has 0 atom stereocenters. The van der Waals surface area contributed by atoms with E-state index in [2.05, 4.69) is 10.2 Å². The third kappa shape index (κ3) is 6.77. The highest BCUT2D eigenvalue weighted by Gasteiger charge is 2.34. The molecule has 1 N–H and O–H groups in total. The Labute approximate surface area is 191 Å². The Morgan fingerprint density at radius 1 is 1.03 bits per heavy atom. The Hall–Kier alpha value is -2.46. The lowest BCUT2D eigenvalue weighted by molar-refractivity contribution is -0.137. The van der Waals surface area contributed by atoms with Crippen molar-refractivity contribution in [3.8, 4) is 0 Å². The first-order valence-electron chi connectivity index (χ1n) is 9.81. The van der Waals surface area contributed by atoms with E-state index >= 15 is 0 Å². The van der Waals surface area contributed by atoms with Gasteiger partial charge in [0, 0.05) is 25.3 Å². The number of sulfonamides is 1. The van der Waals surface area contributed by atoms with Crippen molar-refractivity contribution in [2.24, 2.45) is 0 Å². The van der Waals surface area contributed by atoms with Gasteiger partial charge < -0.3 is 10.2 Å². The maximum Gasteiger partial charge on any atom is 0.417 e. The van der Waals surface area contributed by atoms with Gasteiger partial charge in [-0.25, -0.2) is 8.42 Å². The first-order valence-corrected chi connectivity index (χ1v) is 12.0. The number of halogens is 4. The largest absolute Gasteiger partial charge is 0.417 e. The van der Waals surface area contributed by atoms with Crippen molar-refractivity contribution in [1.29, 1.82) is 0 Å². The highest BCUT2D eigenvalue weighted by atomic mass is 35.5. The summed E-state index contributed by atoms with van der Waals surface area (Å²) in [7, 11) is -4.04. The van der Waals surface area contributed by atoms with E-state index in [1.807, 2.05) is 38.1 Å². The Kier molecular flexibility index (Phi) is 8.41. The van der Waals surface area contributed by atoms with E-state index in [9.17, 15) is 26.4 Å². The number of carbonyl (C=O) groups excluding carboxylic acids is 1. The summed E-state index contributed by atoms with van der Waals surface area (Å²) in [6.45, 7) is 5.27. The van der Waals surface area contributed by atoms with Crippen LogP contribution in [0.15, 0.2) is 42.5 Å². The van der Waals surface area contributed by atoms with E-state index in [4.69, 9.17) is 11.6 Å². The van der Waals surface area contributed by atoms with E-state index in [1.54, 1.807) is 0 Å². The van der Waals surface area contributed by atoms with Crippen LogP contribution in [0.1, 0.15) is 25.0 Å². The van der Waals surface area contributed by atoms with Gasteiger partial charge in [-0.15, -0.1) is 0 Å². The van der Waals surface area contributed by atoms with E-state index < -0.39 is 39.2 Å². The molecule has 2 aromatic carbocycles. The average molecular weight is 492 g/mol. The fourth-order valence-corrected chi connectivity index (χ4v) is 4.16. The van der Waals surface area contributed by atoms with Crippen LogP contribution in [-0.2, 0) is 27.5 Å². The summed E-state index contributed by atoms with van der Waals surface area (Å²) in [6, 6.07) is 10.2. The second-order valence-electron chi connectivity index (χ2n) is 7.05. The molecule has 2 aromatic rings. The number of carbonyl (C=O) groups is 1. The minimum absolute atomic E-state index is 0.142. The summed E-state index contributed by atoms with van der Waals surface area (Å²) in [4.78, 5) is 14.6. The number of hydrogen-bond donors (Lipinski definition) is 1. The molecular weight excluding hydrogens is 467 g/mol.